The van der Waals surface area contributed by atoms with Crippen molar-refractivity contribution >= 4 is 40.0 Å². The number of anilines is 3. The van der Waals surface area contributed by atoms with Crippen LogP contribution in [0.4, 0.5) is 35.0 Å². The summed E-state index contributed by atoms with van der Waals surface area (Å²) >= 11 is 1.31. The van der Waals surface area contributed by atoms with Crippen molar-refractivity contribution in [2.45, 2.75) is 45.8 Å². The zero-order chi connectivity index (χ0) is 33.0. The van der Waals surface area contributed by atoms with Crippen LogP contribution in [0.5, 0.6) is 11.5 Å². The lowest BCUT2D eigenvalue weighted by Gasteiger charge is -2.26. The third-order valence-corrected chi connectivity index (χ3v) is 7.91. The van der Waals surface area contributed by atoms with E-state index in [1.54, 1.807) is 23.1 Å². The highest BCUT2D eigenvalue weighted by atomic mass is 32.2. The van der Waals surface area contributed by atoms with Crippen molar-refractivity contribution in [3.63, 3.8) is 0 Å². The number of urea groups is 1. The van der Waals surface area contributed by atoms with Crippen molar-refractivity contribution in [3.8, 4) is 17.2 Å². The molecule has 1 aliphatic rings. The number of rotatable bonds is 9. The van der Waals surface area contributed by atoms with Gasteiger partial charge in [-0.25, -0.2) is 14.5 Å². The van der Waals surface area contributed by atoms with Crippen LogP contribution in [0.3, 0.4) is 0 Å². The molecule has 242 valence electrons. The van der Waals surface area contributed by atoms with E-state index in [1.165, 1.54) is 54.1 Å². The molecule has 1 saturated heterocycles. The Morgan fingerprint density at radius 1 is 1.15 bits per heavy atom. The maximum atomic E-state index is 13.0. The van der Waals surface area contributed by atoms with E-state index < -0.39 is 18.6 Å². The Labute approximate surface area is 267 Å². The monoisotopic (exact) mass is 655 g/mol. The molecule has 46 heavy (non-hydrogen) atoms. The number of carbonyl (C=O) groups is 1. The van der Waals surface area contributed by atoms with E-state index >= 15 is 0 Å². The van der Waals surface area contributed by atoms with Crippen LogP contribution >= 0.6 is 11.8 Å². The molecule has 0 aliphatic carbocycles. The molecule has 1 unspecified atom stereocenters. The molecule has 15 heteroatoms. The van der Waals surface area contributed by atoms with Crippen LogP contribution in [0.1, 0.15) is 36.7 Å². The predicted molar refractivity (Wildman–Crippen MR) is 171 cm³/mol. The molecule has 5 rings (SSSR count). The first kappa shape index (κ1) is 32.6. The van der Waals surface area contributed by atoms with Gasteiger partial charge in [0.1, 0.15) is 24.1 Å². The van der Waals surface area contributed by atoms with Crippen molar-refractivity contribution in [2.75, 3.05) is 28.4 Å². The van der Waals surface area contributed by atoms with Crippen molar-refractivity contribution < 1.29 is 32.5 Å². The van der Waals surface area contributed by atoms with E-state index in [-0.39, 0.29) is 18.2 Å². The van der Waals surface area contributed by atoms with Crippen LogP contribution in [-0.2, 0) is 6.54 Å². The van der Waals surface area contributed by atoms with Gasteiger partial charge >= 0.3 is 12.4 Å². The van der Waals surface area contributed by atoms with Gasteiger partial charge in [0.25, 0.3) is 0 Å². The van der Waals surface area contributed by atoms with E-state index in [0.29, 0.717) is 39.6 Å². The molecule has 11 nitrogen and oxygen atoms in total. The molecular formula is C31H32F3N7O4S. The summed E-state index contributed by atoms with van der Waals surface area (Å²) in [6, 6.07) is 15.7. The molecule has 1 aromatic heterocycles. The minimum Gasteiger partial charge on any atom is -0.495 e. The van der Waals surface area contributed by atoms with Gasteiger partial charge in [0.15, 0.2) is 11.0 Å². The lowest BCUT2D eigenvalue weighted by atomic mass is 9.98. The minimum absolute atomic E-state index is 0.206. The first-order valence-corrected chi connectivity index (χ1v) is 15.2. The molecule has 3 N–H and O–H groups in total. The summed E-state index contributed by atoms with van der Waals surface area (Å²) in [5, 5.41) is 21.5. The Hall–Kier alpha value is -4.76. The molecule has 0 saturated carbocycles. The average molecular weight is 656 g/mol. The van der Waals surface area contributed by atoms with Gasteiger partial charge in [0, 0.05) is 23.2 Å². The second-order valence-electron chi connectivity index (χ2n) is 10.6. The smallest absolute Gasteiger partial charge is 0.495 e. The van der Waals surface area contributed by atoms with Crippen LogP contribution in [-0.4, -0.2) is 56.5 Å². The minimum atomic E-state index is -4.77. The van der Waals surface area contributed by atoms with Gasteiger partial charge in [-0.2, -0.15) is 4.99 Å². The summed E-state index contributed by atoms with van der Waals surface area (Å²) in [5.41, 5.74) is 4.46. The maximum absolute atomic E-state index is 13.0. The number of ether oxygens (including phenoxy) is 2. The molecule has 2 amide bonds. The molecule has 1 aliphatic heterocycles. The molecule has 1 atom stereocenters. The number of benzene rings is 3. The van der Waals surface area contributed by atoms with E-state index in [0.717, 1.165) is 16.8 Å². The van der Waals surface area contributed by atoms with Gasteiger partial charge < -0.3 is 25.2 Å². The number of aliphatic imine (C=N–C) groups is 1. The normalized spacial score (nSPS) is 15.8. The summed E-state index contributed by atoms with van der Waals surface area (Å²) in [6.07, 6.45) is -4.15. The first-order chi connectivity index (χ1) is 21.9. The molecule has 0 spiro atoms. The number of halogens is 3. The SMILES string of the molecule is COc1cc(NC(=O)/N=C2\SCC(O)N2c2cc(C)ccc2C(C)C)ccc1NCc1ncn(-c2ccc(OC(F)(F)F)cc2)n1. The summed E-state index contributed by atoms with van der Waals surface area (Å²) in [6.45, 7) is 6.34. The number of methoxy groups -OCH3 is 1. The molecule has 2 heterocycles. The quantitative estimate of drug-likeness (QED) is 0.181. The number of aliphatic hydroxyl groups is 1. The summed E-state index contributed by atoms with van der Waals surface area (Å²) < 4.78 is 48.1. The Kier molecular flexibility index (Phi) is 9.72. The highest BCUT2D eigenvalue weighted by Crippen LogP contribution is 2.36. The van der Waals surface area contributed by atoms with Crippen LogP contribution in [0.15, 0.2) is 72.0 Å². The number of hydrogen-bond donors (Lipinski definition) is 3. The van der Waals surface area contributed by atoms with E-state index in [1.807, 2.05) is 25.1 Å². The number of amides is 2. The van der Waals surface area contributed by atoms with Crippen molar-refractivity contribution in [2.24, 2.45) is 4.99 Å². The molecule has 1 fully saturated rings. The lowest BCUT2D eigenvalue weighted by Crippen LogP contribution is -2.35. The van der Waals surface area contributed by atoms with Crippen molar-refractivity contribution in [1.82, 2.24) is 14.8 Å². The number of amidine groups is 1. The van der Waals surface area contributed by atoms with Crippen LogP contribution < -0.4 is 25.0 Å². The molecule has 3 aromatic carbocycles. The summed E-state index contributed by atoms with van der Waals surface area (Å²) in [5.74, 6) is 1.11. The first-order valence-electron chi connectivity index (χ1n) is 14.2. The van der Waals surface area contributed by atoms with Gasteiger partial charge in [-0.05, 0) is 66.4 Å². The summed E-state index contributed by atoms with van der Waals surface area (Å²) in [7, 11) is 1.49. The number of alkyl halides is 3. The van der Waals surface area contributed by atoms with E-state index in [4.69, 9.17) is 4.74 Å². The Morgan fingerprint density at radius 3 is 2.61 bits per heavy atom. The molecule has 4 aromatic rings. The van der Waals surface area contributed by atoms with E-state index in [9.17, 15) is 23.1 Å². The Bertz CT molecular complexity index is 1730. The number of aliphatic hydroxyl groups excluding tert-OH is 1. The number of nitrogens with one attached hydrogen (secondary N) is 2. The standard InChI is InChI=1S/C31H32F3N7O4S/c1-18(2)23-11-5-19(3)13-25(23)41-28(42)16-46-30(41)38-29(43)37-20-6-12-24(26(14-20)44-4)35-15-27-36-17-40(39-27)21-7-9-22(10-8-21)45-31(32,33)34/h5-14,17-18,28,35,42H,15-16H2,1-4H3,(H,37,43)/b38-30-. The van der Waals surface area contributed by atoms with Crippen molar-refractivity contribution in [1.29, 1.82) is 0 Å². The maximum Gasteiger partial charge on any atom is 0.573 e. The number of aromatic nitrogens is 3. The third-order valence-electron chi connectivity index (χ3n) is 6.89. The molecular weight excluding hydrogens is 623 g/mol. The highest BCUT2D eigenvalue weighted by molar-refractivity contribution is 8.14. The van der Waals surface area contributed by atoms with Crippen LogP contribution in [0.25, 0.3) is 5.69 Å². The fourth-order valence-electron chi connectivity index (χ4n) is 4.75. The number of carbonyl (C=O) groups excluding carboxylic acids is 1. The molecule has 0 radical (unpaired) electrons. The predicted octanol–water partition coefficient (Wildman–Crippen LogP) is 6.68. The average Bonchev–Trinajstić information content (AvgIpc) is 3.62. The number of aryl methyl sites for hydroxylation is 1. The van der Waals surface area contributed by atoms with Gasteiger partial charge in [0.2, 0.25) is 0 Å². The second kappa shape index (κ2) is 13.7. The lowest BCUT2D eigenvalue weighted by molar-refractivity contribution is -0.274. The third kappa shape index (κ3) is 7.90. The highest BCUT2D eigenvalue weighted by Gasteiger charge is 2.33. The molecule has 0 bridgehead atoms. The van der Waals surface area contributed by atoms with Gasteiger partial charge in [-0.1, -0.05) is 37.7 Å². The van der Waals surface area contributed by atoms with Crippen molar-refractivity contribution in [3.05, 3.63) is 83.9 Å². The largest absolute Gasteiger partial charge is 0.573 e. The number of thioether (sulfide) groups is 1. The number of nitrogens with zero attached hydrogens (tertiary/aromatic N) is 5. The zero-order valence-electron chi connectivity index (χ0n) is 25.4. The van der Waals surface area contributed by atoms with Crippen LogP contribution in [0.2, 0.25) is 0 Å². The van der Waals surface area contributed by atoms with Crippen LogP contribution in [0, 0.1) is 6.92 Å². The van der Waals surface area contributed by atoms with Gasteiger partial charge in [-0.3, -0.25) is 4.90 Å². The summed E-state index contributed by atoms with van der Waals surface area (Å²) in [4.78, 5) is 23.2. The Morgan fingerprint density at radius 2 is 1.91 bits per heavy atom. The van der Waals surface area contributed by atoms with Gasteiger partial charge in [-0.15, -0.1) is 18.3 Å². The Balaban J connectivity index is 1.23. The fraction of sp³-hybridized carbons (Fsp3) is 0.290. The van der Waals surface area contributed by atoms with Gasteiger partial charge in [0.05, 0.1) is 25.0 Å². The van der Waals surface area contributed by atoms with E-state index in [2.05, 4.69) is 44.3 Å². The number of hydrogen-bond acceptors (Lipinski definition) is 8. The fourth-order valence-corrected chi connectivity index (χ4v) is 5.71. The zero-order valence-corrected chi connectivity index (χ0v) is 26.2. The topological polar surface area (TPSA) is 126 Å². The second-order valence-corrected chi connectivity index (χ2v) is 11.6.